The lowest BCUT2D eigenvalue weighted by Crippen LogP contribution is -2.23. The maximum Gasteiger partial charge on any atom is 0.266 e. The highest BCUT2D eigenvalue weighted by Gasteiger charge is 2.17. The van der Waals surface area contributed by atoms with E-state index in [1.54, 1.807) is 10.8 Å². The summed E-state index contributed by atoms with van der Waals surface area (Å²) in [6.45, 7) is 4.27. The van der Waals surface area contributed by atoms with Gasteiger partial charge >= 0.3 is 0 Å². The fourth-order valence-electron chi connectivity index (χ4n) is 3.69. The smallest absolute Gasteiger partial charge is 0.266 e. The van der Waals surface area contributed by atoms with Crippen molar-refractivity contribution in [3.63, 3.8) is 0 Å². The Morgan fingerprint density at radius 2 is 1.81 bits per heavy atom. The van der Waals surface area contributed by atoms with E-state index in [0.29, 0.717) is 27.6 Å². The standard InChI is InChI=1S/C24H21N5OS/c1-16(2)18-8-4-6-11-21(18)29-22(30)19-9-3-5-10-20(19)27-24(29)31-15-17-14-28-13-7-12-25-23(28)26-17/h3-14,16H,15H2,1-2H3. The summed E-state index contributed by atoms with van der Waals surface area (Å²) in [5, 5.41) is 1.27. The number of rotatable bonds is 5. The highest BCUT2D eigenvalue weighted by Crippen LogP contribution is 2.28. The van der Waals surface area contributed by atoms with E-state index in [9.17, 15) is 4.79 Å². The van der Waals surface area contributed by atoms with Crippen LogP contribution in [0.3, 0.4) is 0 Å². The fourth-order valence-corrected chi connectivity index (χ4v) is 4.58. The fraction of sp³-hybridized carbons (Fsp3) is 0.167. The predicted molar refractivity (Wildman–Crippen MR) is 124 cm³/mol. The first-order valence-corrected chi connectivity index (χ1v) is 11.1. The van der Waals surface area contributed by atoms with E-state index in [1.807, 2.05) is 65.3 Å². The van der Waals surface area contributed by atoms with Crippen molar-refractivity contribution in [3.05, 3.63) is 94.8 Å². The van der Waals surface area contributed by atoms with E-state index >= 15 is 0 Å². The van der Waals surface area contributed by atoms with Gasteiger partial charge in [-0.1, -0.05) is 55.9 Å². The van der Waals surface area contributed by atoms with Gasteiger partial charge in [-0.25, -0.2) is 15.0 Å². The number of benzene rings is 2. The molecule has 0 saturated carbocycles. The van der Waals surface area contributed by atoms with Gasteiger partial charge in [0.15, 0.2) is 5.16 Å². The predicted octanol–water partition coefficient (Wildman–Crippen LogP) is 4.84. The Hall–Kier alpha value is -3.45. The summed E-state index contributed by atoms with van der Waals surface area (Å²) in [7, 11) is 0. The van der Waals surface area contributed by atoms with Crippen molar-refractivity contribution >= 4 is 28.4 Å². The Kier molecular flexibility index (Phi) is 5.03. The first-order valence-electron chi connectivity index (χ1n) is 10.1. The maximum absolute atomic E-state index is 13.6. The van der Waals surface area contributed by atoms with E-state index in [2.05, 4.69) is 29.9 Å². The normalized spacial score (nSPS) is 11.6. The van der Waals surface area contributed by atoms with Gasteiger partial charge in [0, 0.05) is 24.3 Å². The number of hydrogen-bond donors (Lipinski definition) is 0. The van der Waals surface area contributed by atoms with Crippen molar-refractivity contribution in [1.82, 2.24) is 23.9 Å². The van der Waals surface area contributed by atoms with Crippen LogP contribution in [0.15, 0.2) is 83.1 Å². The molecule has 154 valence electrons. The summed E-state index contributed by atoms with van der Waals surface area (Å²) in [4.78, 5) is 27.3. The monoisotopic (exact) mass is 427 g/mol. The van der Waals surface area contributed by atoms with Gasteiger partial charge in [0.2, 0.25) is 5.78 Å². The van der Waals surface area contributed by atoms with Gasteiger partial charge < -0.3 is 0 Å². The maximum atomic E-state index is 13.6. The van der Waals surface area contributed by atoms with Gasteiger partial charge in [0.25, 0.3) is 5.56 Å². The lowest BCUT2D eigenvalue weighted by atomic mass is 10.0. The third kappa shape index (κ3) is 3.61. The molecule has 0 unspecified atom stereocenters. The SMILES string of the molecule is CC(C)c1ccccc1-n1c(SCc2cn3cccnc3n2)nc2ccccc2c1=O. The molecule has 0 amide bonds. The van der Waals surface area contributed by atoms with Crippen LogP contribution in [-0.2, 0) is 5.75 Å². The van der Waals surface area contributed by atoms with Crippen molar-refractivity contribution < 1.29 is 0 Å². The third-order valence-electron chi connectivity index (χ3n) is 5.18. The van der Waals surface area contributed by atoms with Crippen molar-refractivity contribution in [1.29, 1.82) is 0 Å². The molecule has 2 aromatic carbocycles. The molecule has 0 atom stereocenters. The van der Waals surface area contributed by atoms with Crippen LogP contribution < -0.4 is 5.56 Å². The molecule has 0 bridgehead atoms. The van der Waals surface area contributed by atoms with Gasteiger partial charge in [-0.05, 0) is 35.7 Å². The highest BCUT2D eigenvalue weighted by molar-refractivity contribution is 7.98. The van der Waals surface area contributed by atoms with E-state index in [0.717, 1.165) is 16.9 Å². The number of hydrogen-bond acceptors (Lipinski definition) is 5. The highest BCUT2D eigenvalue weighted by atomic mass is 32.2. The lowest BCUT2D eigenvalue weighted by Gasteiger charge is -2.18. The summed E-state index contributed by atoms with van der Waals surface area (Å²) < 4.78 is 3.64. The largest absolute Gasteiger partial charge is 0.291 e. The second kappa shape index (κ2) is 8.00. The molecule has 0 saturated heterocycles. The summed E-state index contributed by atoms with van der Waals surface area (Å²) >= 11 is 1.51. The van der Waals surface area contributed by atoms with Crippen molar-refractivity contribution in [2.45, 2.75) is 30.7 Å². The number of thioether (sulfide) groups is 1. The summed E-state index contributed by atoms with van der Waals surface area (Å²) in [5.41, 5.74) is 3.51. The van der Waals surface area contributed by atoms with Gasteiger partial charge in [-0.15, -0.1) is 0 Å². The molecule has 3 aromatic heterocycles. The Balaban J connectivity index is 1.64. The van der Waals surface area contributed by atoms with Crippen LogP contribution in [0.1, 0.15) is 31.0 Å². The summed E-state index contributed by atoms with van der Waals surface area (Å²) in [6.07, 6.45) is 5.61. The summed E-state index contributed by atoms with van der Waals surface area (Å²) in [5.74, 6) is 1.52. The quantitative estimate of drug-likeness (QED) is 0.296. The number of imidazole rings is 1. The zero-order chi connectivity index (χ0) is 21.4. The van der Waals surface area contributed by atoms with Crippen molar-refractivity contribution in [2.75, 3.05) is 0 Å². The van der Waals surface area contributed by atoms with Crippen molar-refractivity contribution in [3.8, 4) is 5.69 Å². The van der Waals surface area contributed by atoms with Gasteiger partial charge in [0.05, 0.1) is 22.3 Å². The van der Waals surface area contributed by atoms with Crippen LogP contribution in [0.2, 0.25) is 0 Å². The van der Waals surface area contributed by atoms with Gasteiger partial charge in [-0.2, -0.15) is 0 Å². The van der Waals surface area contributed by atoms with E-state index < -0.39 is 0 Å². The minimum absolute atomic E-state index is 0.0575. The average Bonchev–Trinajstić information content (AvgIpc) is 3.21. The van der Waals surface area contributed by atoms with Crippen LogP contribution in [-0.4, -0.2) is 23.9 Å². The molecule has 3 heterocycles. The number of fused-ring (bicyclic) bond motifs is 2. The topological polar surface area (TPSA) is 65.1 Å². The molecule has 0 radical (unpaired) electrons. The third-order valence-corrected chi connectivity index (χ3v) is 6.15. The Morgan fingerprint density at radius 1 is 1.00 bits per heavy atom. The zero-order valence-corrected chi connectivity index (χ0v) is 18.1. The van der Waals surface area contributed by atoms with Crippen LogP contribution in [0.4, 0.5) is 0 Å². The molecule has 0 aliphatic rings. The van der Waals surface area contributed by atoms with Crippen LogP contribution in [0.25, 0.3) is 22.4 Å². The zero-order valence-electron chi connectivity index (χ0n) is 17.3. The molecule has 0 N–H and O–H groups in total. The van der Waals surface area contributed by atoms with E-state index in [1.165, 1.54) is 11.8 Å². The Morgan fingerprint density at radius 3 is 2.65 bits per heavy atom. The first-order chi connectivity index (χ1) is 15.1. The molecule has 5 rings (SSSR count). The molecule has 0 fully saturated rings. The molecule has 6 nitrogen and oxygen atoms in total. The van der Waals surface area contributed by atoms with E-state index in [4.69, 9.17) is 4.98 Å². The Labute approximate surface area is 183 Å². The number of para-hydroxylation sites is 2. The first kappa shape index (κ1) is 19.5. The van der Waals surface area contributed by atoms with Crippen LogP contribution in [0.5, 0.6) is 0 Å². The Bertz CT molecular complexity index is 1420. The number of aromatic nitrogens is 5. The molecular weight excluding hydrogens is 406 g/mol. The van der Waals surface area contributed by atoms with Gasteiger partial charge in [-0.3, -0.25) is 13.8 Å². The lowest BCUT2D eigenvalue weighted by molar-refractivity contribution is 0.780. The molecular formula is C24H21N5OS. The minimum atomic E-state index is -0.0575. The van der Waals surface area contributed by atoms with Crippen LogP contribution >= 0.6 is 11.8 Å². The minimum Gasteiger partial charge on any atom is -0.291 e. The molecule has 31 heavy (non-hydrogen) atoms. The van der Waals surface area contributed by atoms with E-state index in [-0.39, 0.29) is 11.5 Å². The second-order valence-electron chi connectivity index (χ2n) is 7.61. The molecule has 0 spiro atoms. The molecule has 7 heteroatoms. The summed E-state index contributed by atoms with van der Waals surface area (Å²) in [6, 6.07) is 17.4. The van der Waals surface area contributed by atoms with Crippen LogP contribution in [0, 0.1) is 0 Å². The number of nitrogens with zero attached hydrogens (tertiary/aromatic N) is 5. The molecule has 5 aromatic rings. The average molecular weight is 428 g/mol. The van der Waals surface area contributed by atoms with Gasteiger partial charge in [0.1, 0.15) is 0 Å². The molecule has 0 aliphatic carbocycles. The molecule has 0 aliphatic heterocycles. The second-order valence-corrected chi connectivity index (χ2v) is 8.56. The van der Waals surface area contributed by atoms with Crippen molar-refractivity contribution in [2.24, 2.45) is 0 Å².